The Morgan fingerprint density at radius 1 is 1.08 bits per heavy atom. The largest absolute Gasteiger partial charge is 0.508 e. The molecular weight excluding hydrogens is 355 g/mol. The lowest BCUT2D eigenvalue weighted by Gasteiger charge is -2.13. The summed E-state index contributed by atoms with van der Waals surface area (Å²) in [6.07, 6.45) is -3.60. The normalized spacial score (nSPS) is 17.5. The van der Waals surface area contributed by atoms with Crippen LogP contribution in [0.1, 0.15) is 22.3 Å². The number of alkyl halides is 3. The van der Waals surface area contributed by atoms with Gasteiger partial charge in [0.05, 0.1) is 11.3 Å². The number of nitrogens with one attached hydrogen (secondary N) is 1. The maximum Gasteiger partial charge on any atom is 0.416 e. The van der Waals surface area contributed by atoms with E-state index in [0.29, 0.717) is 12.8 Å². The Morgan fingerprint density at radius 2 is 1.76 bits per heavy atom. The van der Waals surface area contributed by atoms with Gasteiger partial charge >= 0.3 is 6.18 Å². The van der Waals surface area contributed by atoms with E-state index < -0.39 is 27.5 Å². The first-order valence-corrected chi connectivity index (χ1v) is 9.25. The van der Waals surface area contributed by atoms with Gasteiger partial charge in [0, 0.05) is 6.04 Å². The van der Waals surface area contributed by atoms with E-state index in [9.17, 15) is 26.7 Å². The molecule has 0 saturated heterocycles. The van der Waals surface area contributed by atoms with Crippen LogP contribution in [0.4, 0.5) is 13.2 Å². The summed E-state index contributed by atoms with van der Waals surface area (Å²) in [6.45, 7) is 0. The molecule has 1 aliphatic carbocycles. The van der Waals surface area contributed by atoms with E-state index in [1.165, 1.54) is 0 Å². The third-order valence-corrected chi connectivity index (χ3v) is 5.56. The van der Waals surface area contributed by atoms with Gasteiger partial charge in [-0.1, -0.05) is 24.3 Å². The predicted molar refractivity (Wildman–Crippen MR) is 86.5 cm³/mol. The van der Waals surface area contributed by atoms with Crippen molar-refractivity contribution in [3.05, 3.63) is 64.7 Å². The van der Waals surface area contributed by atoms with Gasteiger partial charge < -0.3 is 5.11 Å². The van der Waals surface area contributed by atoms with Gasteiger partial charge in [-0.2, -0.15) is 13.2 Å². The quantitative estimate of drug-likeness (QED) is 0.868. The van der Waals surface area contributed by atoms with Crippen LogP contribution in [-0.2, 0) is 34.8 Å². The molecule has 2 aromatic carbocycles. The second-order valence-electron chi connectivity index (χ2n) is 6.09. The predicted octanol–water partition coefficient (Wildman–Crippen LogP) is 3.00. The molecule has 0 aliphatic heterocycles. The van der Waals surface area contributed by atoms with E-state index in [1.807, 2.05) is 6.07 Å². The van der Waals surface area contributed by atoms with Crippen molar-refractivity contribution < 1.29 is 26.7 Å². The van der Waals surface area contributed by atoms with Crippen LogP contribution in [0.25, 0.3) is 0 Å². The zero-order valence-corrected chi connectivity index (χ0v) is 13.9. The molecule has 0 bridgehead atoms. The minimum atomic E-state index is -4.45. The monoisotopic (exact) mass is 371 g/mol. The number of fused-ring (bicyclic) bond motifs is 1. The van der Waals surface area contributed by atoms with Gasteiger partial charge in [0.1, 0.15) is 5.75 Å². The van der Waals surface area contributed by atoms with Gasteiger partial charge in [0.25, 0.3) is 0 Å². The summed E-state index contributed by atoms with van der Waals surface area (Å²) in [5.41, 5.74) is 1.08. The number of phenolic OH excluding ortho intramolecular Hbond substituents is 1. The number of hydrogen-bond acceptors (Lipinski definition) is 3. The summed E-state index contributed by atoms with van der Waals surface area (Å²) in [5, 5.41) is 9.81. The Hall–Kier alpha value is -2.06. The highest BCUT2D eigenvalue weighted by Crippen LogP contribution is 2.31. The van der Waals surface area contributed by atoms with Crippen molar-refractivity contribution in [3.8, 4) is 5.75 Å². The lowest BCUT2D eigenvalue weighted by Crippen LogP contribution is -2.36. The summed E-state index contributed by atoms with van der Waals surface area (Å²) in [6, 6.07) is 8.78. The Bertz CT molecular complexity index is 877. The third kappa shape index (κ3) is 4.13. The van der Waals surface area contributed by atoms with E-state index >= 15 is 0 Å². The summed E-state index contributed by atoms with van der Waals surface area (Å²) < 4.78 is 64.7. The molecule has 8 heteroatoms. The van der Waals surface area contributed by atoms with Crippen molar-refractivity contribution in [2.24, 2.45) is 0 Å². The highest BCUT2D eigenvalue weighted by atomic mass is 32.2. The van der Waals surface area contributed by atoms with Crippen molar-refractivity contribution in [1.29, 1.82) is 0 Å². The van der Waals surface area contributed by atoms with Crippen molar-refractivity contribution in [3.63, 3.8) is 0 Å². The van der Waals surface area contributed by atoms with E-state index in [1.54, 1.807) is 12.1 Å². The molecule has 0 heterocycles. The van der Waals surface area contributed by atoms with Crippen LogP contribution in [0, 0.1) is 0 Å². The number of phenols is 1. The standard InChI is InChI=1S/C17H16F3NO3S/c18-17(19,20)13-6-4-11(5-7-13)10-25(23,24)21-14-8-12-2-1-3-16(22)15(12)9-14/h1-7,14,21-22H,8-10H2. The maximum absolute atomic E-state index is 12.5. The average Bonchev–Trinajstić information content (AvgIpc) is 2.89. The van der Waals surface area contributed by atoms with Crippen LogP contribution in [0.3, 0.4) is 0 Å². The first-order chi connectivity index (χ1) is 11.6. The minimum Gasteiger partial charge on any atom is -0.508 e. The van der Waals surface area contributed by atoms with Gasteiger partial charge in [-0.25, -0.2) is 13.1 Å². The average molecular weight is 371 g/mol. The van der Waals surface area contributed by atoms with Crippen LogP contribution < -0.4 is 4.72 Å². The molecule has 2 aromatic rings. The lowest BCUT2D eigenvalue weighted by molar-refractivity contribution is -0.137. The van der Waals surface area contributed by atoms with Gasteiger partial charge in [-0.05, 0) is 47.7 Å². The molecule has 0 saturated carbocycles. The summed E-state index contributed by atoms with van der Waals surface area (Å²) >= 11 is 0. The van der Waals surface area contributed by atoms with E-state index in [4.69, 9.17) is 0 Å². The molecule has 134 valence electrons. The van der Waals surface area contributed by atoms with Crippen LogP contribution in [-0.4, -0.2) is 19.6 Å². The minimum absolute atomic E-state index is 0.141. The van der Waals surface area contributed by atoms with Crippen LogP contribution in [0.2, 0.25) is 0 Å². The molecule has 3 rings (SSSR count). The van der Waals surface area contributed by atoms with Gasteiger partial charge in [-0.15, -0.1) is 0 Å². The highest BCUT2D eigenvalue weighted by molar-refractivity contribution is 7.88. The topological polar surface area (TPSA) is 66.4 Å². The van der Waals surface area contributed by atoms with Crippen LogP contribution >= 0.6 is 0 Å². The van der Waals surface area contributed by atoms with E-state index in [-0.39, 0.29) is 17.4 Å². The van der Waals surface area contributed by atoms with Crippen LogP contribution in [0.5, 0.6) is 5.75 Å². The summed E-state index contributed by atoms with van der Waals surface area (Å²) in [4.78, 5) is 0. The maximum atomic E-state index is 12.5. The van der Waals surface area contributed by atoms with Crippen molar-refractivity contribution >= 4 is 10.0 Å². The first kappa shape index (κ1) is 17.8. The molecular formula is C17H16F3NO3S. The van der Waals surface area contributed by atoms with Gasteiger partial charge in [0.15, 0.2) is 0 Å². The molecule has 1 unspecified atom stereocenters. The molecule has 0 aromatic heterocycles. The van der Waals surface area contributed by atoms with Crippen molar-refractivity contribution in [2.75, 3.05) is 0 Å². The Balaban J connectivity index is 1.66. The molecule has 0 radical (unpaired) electrons. The highest BCUT2D eigenvalue weighted by Gasteiger charge is 2.30. The van der Waals surface area contributed by atoms with E-state index in [2.05, 4.69) is 4.72 Å². The number of sulfonamides is 1. The SMILES string of the molecule is O=S(=O)(Cc1ccc(C(F)(F)F)cc1)NC1Cc2cccc(O)c2C1. The van der Waals surface area contributed by atoms with E-state index in [0.717, 1.165) is 35.4 Å². The fourth-order valence-corrected chi connectivity index (χ4v) is 4.41. The van der Waals surface area contributed by atoms with Gasteiger partial charge in [-0.3, -0.25) is 0 Å². The molecule has 25 heavy (non-hydrogen) atoms. The van der Waals surface area contributed by atoms with Crippen molar-refractivity contribution in [1.82, 2.24) is 4.72 Å². The molecule has 0 spiro atoms. The fraction of sp³-hybridized carbons (Fsp3) is 0.294. The summed E-state index contributed by atoms with van der Waals surface area (Å²) in [7, 11) is -3.71. The lowest BCUT2D eigenvalue weighted by atomic mass is 10.1. The van der Waals surface area contributed by atoms with Gasteiger partial charge in [0.2, 0.25) is 10.0 Å². The molecule has 0 fully saturated rings. The molecule has 4 nitrogen and oxygen atoms in total. The fourth-order valence-electron chi connectivity index (χ4n) is 3.02. The first-order valence-electron chi connectivity index (χ1n) is 7.60. The Labute approximate surface area is 143 Å². The Kier molecular flexibility index (Phi) is 4.51. The molecule has 1 aliphatic rings. The molecule has 2 N–H and O–H groups in total. The number of hydrogen-bond donors (Lipinski definition) is 2. The van der Waals surface area contributed by atoms with Crippen LogP contribution in [0.15, 0.2) is 42.5 Å². The molecule has 1 atom stereocenters. The summed E-state index contributed by atoms with van der Waals surface area (Å²) in [5.74, 6) is -0.258. The zero-order chi connectivity index (χ0) is 18.2. The number of rotatable bonds is 4. The zero-order valence-electron chi connectivity index (χ0n) is 13.0. The Morgan fingerprint density at radius 3 is 2.36 bits per heavy atom. The number of aromatic hydroxyl groups is 1. The third-order valence-electron chi connectivity index (χ3n) is 4.15. The van der Waals surface area contributed by atoms with Crippen molar-refractivity contribution in [2.45, 2.75) is 30.8 Å². The molecule has 0 amide bonds. The number of benzene rings is 2. The number of halogens is 3. The second kappa shape index (κ2) is 6.34. The smallest absolute Gasteiger partial charge is 0.416 e. The second-order valence-corrected chi connectivity index (χ2v) is 7.85.